The Morgan fingerprint density at radius 1 is 0.872 bits per heavy atom. The zero-order valence-corrected chi connectivity index (χ0v) is 22.5. The maximum absolute atomic E-state index is 13.0. The molecule has 0 aliphatic rings. The van der Waals surface area contributed by atoms with Gasteiger partial charge in [-0.05, 0) is 78.7 Å². The van der Waals surface area contributed by atoms with Crippen molar-refractivity contribution in [2.75, 3.05) is 11.9 Å². The Hall–Kier alpha value is -3.99. The highest BCUT2D eigenvalue weighted by Gasteiger charge is 2.25. The monoisotopic (exact) mass is 561 g/mol. The molecule has 1 atom stereocenters. The fourth-order valence-corrected chi connectivity index (χ4v) is 5.95. The SMILES string of the molecule is O=C(O)C(CCCCNC(=S)Nc1ccc2ccccc2c1)NS(=O)(=O)c1ccc2oc3ccccc3c2c1. The summed E-state index contributed by atoms with van der Waals surface area (Å²) < 4.78 is 34.2. The number of unbranched alkanes of at least 4 members (excludes halogenated alkanes) is 1. The molecule has 1 aromatic heterocycles. The molecule has 39 heavy (non-hydrogen) atoms. The Kier molecular flexibility index (Phi) is 7.78. The fourth-order valence-electron chi connectivity index (χ4n) is 4.48. The Morgan fingerprint density at radius 2 is 1.62 bits per heavy atom. The molecule has 0 bridgehead atoms. The molecule has 0 amide bonds. The van der Waals surface area contributed by atoms with Gasteiger partial charge >= 0.3 is 5.97 Å². The van der Waals surface area contributed by atoms with Gasteiger partial charge in [-0.1, -0.05) is 48.5 Å². The third kappa shape index (κ3) is 6.19. The number of hydrogen-bond donors (Lipinski definition) is 4. The third-order valence-electron chi connectivity index (χ3n) is 6.47. The van der Waals surface area contributed by atoms with Gasteiger partial charge in [0.15, 0.2) is 5.11 Å². The van der Waals surface area contributed by atoms with Crippen molar-refractivity contribution >= 4 is 71.7 Å². The second kappa shape index (κ2) is 11.4. The molecule has 0 saturated carbocycles. The number of sulfonamides is 1. The Labute approximate surface area is 231 Å². The van der Waals surface area contributed by atoms with Crippen molar-refractivity contribution in [3.8, 4) is 0 Å². The van der Waals surface area contributed by atoms with E-state index in [4.69, 9.17) is 16.6 Å². The Balaban J connectivity index is 1.14. The number of carboxylic acids is 1. The minimum Gasteiger partial charge on any atom is -0.480 e. The van der Waals surface area contributed by atoms with Crippen LogP contribution in [0.5, 0.6) is 0 Å². The zero-order chi connectivity index (χ0) is 27.4. The first-order valence-corrected chi connectivity index (χ1v) is 14.4. The summed E-state index contributed by atoms with van der Waals surface area (Å²) in [6.45, 7) is 0.517. The highest BCUT2D eigenvalue weighted by Crippen LogP contribution is 2.30. The van der Waals surface area contributed by atoms with Gasteiger partial charge in [-0.15, -0.1) is 0 Å². The van der Waals surface area contributed by atoms with Crippen LogP contribution in [0.2, 0.25) is 0 Å². The fraction of sp³-hybridized carbons (Fsp3) is 0.172. The van der Waals surface area contributed by atoms with E-state index in [1.165, 1.54) is 12.1 Å². The average molecular weight is 562 g/mol. The van der Waals surface area contributed by atoms with Gasteiger partial charge in [0.1, 0.15) is 17.2 Å². The zero-order valence-electron chi connectivity index (χ0n) is 20.9. The van der Waals surface area contributed by atoms with Crippen molar-refractivity contribution < 1.29 is 22.7 Å². The number of furan rings is 1. The van der Waals surface area contributed by atoms with Crippen molar-refractivity contribution in [3.05, 3.63) is 84.9 Å². The van der Waals surface area contributed by atoms with Crippen LogP contribution >= 0.6 is 12.2 Å². The molecular formula is C29H27N3O5S2. The molecule has 8 nitrogen and oxygen atoms in total. The minimum absolute atomic E-state index is 0.0143. The van der Waals surface area contributed by atoms with Crippen molar-refractivity contribution in [1.29, 1.82) is 0 Å². The molecule has 1 unspecified atom stereocenters. The number of para-hydroxylation sites is 1. The van der Waals surface area contributed by atoms with E-state index in [-0.39, 0.29) is 11.3 Å². The number of carboxylic acid groups (broad SMARTS) is 1. The molecule has 4 aromatic carbocycles. The molecule has 4 N–H and O–H groups in total. The molecule has 0 spiro atoms. The van der Waals surface area contributed by atoms with Crippen LogP contribution in [-0.2, 0) is 14.8 Å². The quantitative estimate of drug-likeness (QED) is 0.128. The standard InChI is InChI=1S/C29H27N3O5S2/c33-28(34)25(10-5-6-16-30-29(38)31-21-13-12-19-7-1-2-8-20(19)17-21)32-39(35,36)22-14-15-27-24(18-22)23-9-3-4-11-26(23)37-27/h1-4,7-9,11-15,17-18,25,32H,5-6,10,16H2,(H,33,34)(H2,30,31,38). The van der Waals surface area contributed by atoms with Gasteiger partial charge in [0, 0.05) is 23.0 Å². The lowest BCUT2D eigenvalue weighted by atomic mass is 10.1. The number of aliphatic carboxylic acids is 1. The number of rotatable bonds is 10. The summed E-state index contributed by atoms with van der Waals surface area (Å²) in [5.41, 5.74) is 2.08. The summed E-state index contributed by atoms with van der Waals surface area (Å²) in [4.78, 5) is 11.8. The first kappa shape index (κ1) is 26.6. The lowest BCUT2D eigenvalue weighted by molar-refractivity contribution is -0.139. The maximum atomic E-state index is 13.0. The van der Waals surface area contributed by atoms with Crippen molar-refractivity contribution in [3.63, 3.8) is 0 Å². The van der Waals surface area contributed by atoms with Gasteiger partial charge in [0.25, 0.3) is 0 Å². The summed E-state index contributed by atoms with van der Waals surface area (Å²) >= 11 is 5.37. The topological polar surface area (TPSA) is 121 Å². The summed E-state index contributed by atoms with van der Waals surface area (Å²) in [6, 6.07) is 24.6. The van der Waals surface area contributed by atoms with E-state index in [1.807, 2.05) is 66.7 Å². The van der Waals surface area contributed by atoms with E-state index >= 15 is 0 Å². The molecule has 0 radical (unpaired) electrons. The van der Waals surface area contributed by atoms with Gasteiger partial charge in [-0.3, -0.25) is 4.79 Å². The molecule has 0 aliphatic carbocycles. The Morgan fingerprint density at radius 3 is 2.44 bits per heavy atom. The van der Waals surface area contributed by atoms with Crippen LogP contribution in [0.15, 0.2) is 94.2 Å². The molecule has 0 fully saturated rings. The molecule has 0 saturated heterocycles. The second-order valence-electron chi connectivity index (χ2n) is 9.21. The minimum atomic E-state index is -4.07. The number of hydrogen-bond acceptors (Lipinski definition) is 5. The molecular weight excluding hydrogens is 534 g/mol. The van der Waals surface area contributed by atoms with Gasteiger partial charge in [-0.25, -0.2) is 8.42 Å². The van der Waals surface area contributed by atoms with Gasteiger partial charge < -0.3 is 20.2 Å². The average Bonchev–Trinajstić information content (AvgIpc) is 3.30. The van der Waals surface area contributed by atoms with Crippen LogP contribution in [0.3, 0.4) is 0 Å². The van der Waals surface area contributed by atoms with E-state index < -0.39 is 22.0 Å². The smallest absolute Gasteiger partial charge is 0.321 e. The predicted octanol–water partition coefficient (Wildman–Crippen LogP) is 5.63. The summed E-state index contributed by atoms with van der Waals surface area (Å²) in [7, 11) is -4.07. The van der Waals surface area contributed by atoms with Crippen molar-refractivity contribution in [1.82, 2.24) is 10.0 Å². The van der Waals surface area contributed by atoms with E-state index in [0.717, 1.165) is 21.8 Å². The predicted molar refractivity (Wildman–Crippen MR) is 157 cm³/mol. The molecule has 200 valence electrons. The molecule has 5 rings (SSSR count). The first-order chi connectivity index (χ1) is 18.8. The van der Waals surface area contributed by atoms with E-state index in [9.17, 15) is 18.3 Å². The van der Waals surface area contributed by atoms with Gasteiger partial charge in [-0.2, -0.15) is 4.72 Å². The summed E-state index contributed by atoms with van der Waals surface area (Å²) in [5.74, 6) is -1.23. The van der Waals surface area contributed by atoms with Gasteiger partial charge in [0.05, 0.1) is 4.90 Å². The number of carbonyl (C=O) groups is 1. The normalized spacial score (nSPS) is 12.5. The van der Waals surface area contributed by atoms with Crippen LogP contribution < -0.4 is 15.4 Å². The van der Waals surface area contributed by atoms with Crippen LogP contribution in [0.1, 0.15) is 19.3 Å². The van der Waals surface area contributed by atoms with Crippen LogP contribution in [-0.4, -0.2) is 37.2 Å². The second-order valence-corrected chi connectivity index (χ2v) is 11.3. The number of nitrogens with one attached hydrogen (secondary N) is 3. The van der Waals surface area contributed by atoms with Crippen molar-refractivity contribution in [2.45, 2.75) is 30.2 Å². The number of thiocarbonyl (C=S) groups is 1. The number of fused-ring (bicyclic) bond motifs is 4. The van der Waals surface area contributed by atoms with Gasteiger partial charge in [0.2, 0.25) is 10.0 Å². The van der Waals surface area contributed by atoms with Crippen LogP contribution in [0, 0.1) is 0 Å². The van der Waals surface area contributed by atoms with E-state index in [1.54, 1.807) is 6.07 Å². The number of benzene rings is 4. The molecule has 5 aromatic rings. The highest BCUT2D eigenvalue weighted by atomic mass is 32.2. The molecule has 0 aliphatic heterocycles. The molecule has 10 heteroatoms. The highest BCUT2D eigenvalue weighted by molar-refractivity contribution is 7.89. The summed E-state index contributed by atoms with van der Waals surface area (Å²) in [5, 5.41) is 20.1. The lowest BCUT2D eigenvalue weighted by Gasteiger charge is -2.15. The maximum Gasteiger partial charge on any atom is 0.321 e. The van der Waals surface area contributed by atoms with Crippen LogP contribution in [0.25, 0.3) is 32.7 Å². The van der Waals surface area contributed by atoms with E-state index in [2.05, 4.69) is 15.4 Å². The number of anilines is 1. The van der Waals surface area contributed by atoms with Crippen LogP contribution in [0.4, 0.5) is 5.69 Å². The Bertz CT molecular complexity index is 1780. The molecule has 1 heterocycles. The van der Waals surface area contributed by atoms with E-state index in [0.29, 0.717) is 41.1 Å². The largest absolute Gasteiger partial charge is 0.480 e. The van der Waals surface area contributed by atoms with Crippen molar-refractivity contribution in [2.24, 2.45) is 0 Å². The lowest BCUT2D eigenvalue weighted by Crippen LogP contribution is -2.40. The third-order valence-corrected chi connectivity index (χ3v) is 8.18. The summed E-state index contributed by atoms with van der Waals surface area (Å²) in [6.07, 6.45) is 1.23. The first-order valence-electron chi connectivity index (χ1n) is 12.5.